The highest BCUT2D eigenvalue weighted by atomic mass is 35.5. The number of benzene rings is 1. The second-order valence-electron chi connectivity index (χ2n) is 5.79. The van der Waals surface area contributed by atoms with Crippen molar-refractivity contribution < 1.29 is 8.42 Å². The van der Waals surface area contributed by atoms with Gasteiger partial charge in [-0.2, -0.15) is 0 Å². The van der Waals surface area contributed by atoms with Crippen molar-refractivity contribution in [1.82, 2.24) is 4.31 Å². The molecule has 122 valence electrons. The minimum absolute atomic E-state index is 0. The maximum atomic E-state index is 12.6. The van der Waals surface area contributed by atoms with Gasteiger partial charge in [-0.15, -0.1) is 12.4 Å². The van der Waals surface area contributed by atoms with Gasteiger partial charge < -0.3 is 5.73 Å². The Balaban J connectivity index is 0.00000400. The van der Waals surface area contributed by atoms with E-state index in [0.29, 0.717) is 23.8 Å². The summed E-state index contributed by atoms with van der Waals surface area (Å²) >= 11 is 0. The summed E-state index contributed by atoms with van der Waals surface area (Å²) in [6, 6.07) is 5.51. The van der Waals surface area contributed by atoms with E-state index in [2.05, 4.69) is 0 Å². The third-order valence-electron chi connectivity index (χ3n) is 3.67. The molecule has 0 spiro atoms. The average molecular weight is 335 g/mol. The standard InChI is InChI=1S/C15H26N2O2S.ClH/c1-11(2)14(16)8-9-17(5)20(18,19)15-10-12(3)6-7-13(15)4;/h6-7,10-11,14H,8-9,16H2,1-5H3;1H. The summed E-state index contributed by atoms with van der Waals surface area (Å²) in [5, 5.41) is 0. The quantitative estimate of drug-likeness (QED) is 0.870. The molecule has 1 atom stereocenters. The van der Waals surface area contributed by atoms with Gasteiger partial charge >= 0.3 is 0 Å². The minimum Gasteiger partial charge on any atom is -0.327 e. The van der Waals surface area contributed by atoms with Gasteiger partial charge in [0.25, 0.3) is 0 Å². The van der Waals surface area contributed by atoms with E-state index in [0.717, 1.165) is 11.1 Å². The van der Waals surface area contributed by atoms with Crippen LogP contribution in [-0.2, 0) is 10.0 Å². The van der Waals surface area contributed by atoms with Crippen LogP contribution in [-0.4, -0.2) is 32.4 Å². The summed E-state index contributed by atoms with van der Waals surface area (Å²) in [6.45, 7) is 8.25. The summed E-state index contributed by atoms with van der Waals surface area (Å²) in [6.07, 6.45) is 0.665. The van der Waals surface area contributed by atoms with E-state index in [9.17, 15) is 8.42 Å². The Morgan fingerprint density at radius 2 is 1.81 bits per heavy atom. The molecule has 1 unspecified atom stereocenters. The van der Waals surface area contributed by atoms with Gasteiger partial charge in [-0.3, -0.25) is 0 Å². The Hall–Kier alpha value is -0.620. The molecular weight excluding hydrogens is 308 g/mol. The predicted octanol–water partition coefficient (Wildman–Crippen LogP) is 2.72. The fourth-order valence-electron chi connectivity index (χ4n) is 1.94. The topological polar surface area (TPSA) is 63.4 Å². The molecule has 0 aliphatic rings. The van der Waals surface area contributed by atoms with Crippen molar-refractivity contribution in [3.8, 4) is 0 Å². The van der Waals surface area contributed by atoms with E-state index in [4.69, 9.17) is 5.73 Å². The van der Waals surface area contributed by atoms with E-state index in [1.54, 1.807) is 13.1 Å². The van der Waals surface area contributed by atoms with Gasteiger partial charge in [0.1, 0.15) is 0 Å². The van der Waals surface area contributed by atoms with Gasteiger partial charge in [0, 0.05) is 19.6 Å². The van der Waals surface area contributed by atoms with Crippen LogP contribution in [0.5, 0.6) is 0 Å². The number of nitrogens with two attached hydrogens (primary N) is 1. The molecule has 0 aliphatic carbocycles. The normalized spacial score (nSPS) is 13.3. The fraction of sp³-hybridized carbons (Fsp3) is 0.600. The van der Waals surface area contributed by atoms with Crippen LogP contribution < -0.4 is 5.73 Å². The molecule has 1 rings (SSSR count). The molecule has 1 aromatic carbocycles. The fourth-order valence-corrected chi connectivity index (χ4v) is 3.43. The Morgan fingerprint density at radius 1 is 1.24 bits per heavy atom. The molecule has 0 amide bonds. The van der Waals surface area contributed by atoms with E-state index in [1.165, 1.54) is 4.31 Å². The SMILES string of the molecule is Cc1ccc(C)c(S(=O)(=O)N(C)CCC(N)C(C)C)c1.Cl. The molecule has 0 radical (unpaired) electrons. The second-order valence-corrected chi connectivity index (χ2v) is 7.81. The van der Waals surface area contributed by atoms with Crippen LogP contribution in [0.2, 0.25) is 0 Å². The van der Waals surface area contributed by atoms with E-state index >= 15 is 0 Å². The van der Waals surface area contributed by atoms with E-state index in [-0.39, 0.29) is 18.4 Å². The van der Waals surface area contributed by atoms with Gasteiger partial charge in [-0.25, -0.2) is 12.7 Å². The molecule has 0 saturated carbocycles. The van der Waals surface area contributed by atoms with Crippen molar-refractivity contribution in [2.24, 2.45) is 11.7 Å². The number of aryl methyl sites for hydroxylation is 2. The van der Waals surface area contributed by atoms with Gasteiger partial charge in [0.05, 0.1) is 4.90 Å². The van der Waals surface area contributed by atoms with Gasteiger partial charge in [0.2, 0.25) is 10.0 Å². The Kier molecular flexibility index (Phi) is 7.89. The van der Waals surface area contributed by atoms with Crippen molar-refractivity contribution >= 4 is 22.4 Å². The molecule has 0 aliphatic heterocycles. The summed E-state index contributed by atoms with van der Waals surface area (Å²) in [5.74, 6) is 0.354. The lowest BCUT2D eigenvalue weighted by molar-refractivity contribution is 0.397. The number of hydrogen-bond acceptors (Lipinski definition) is 3. The van der Waals surface area contributed by atoms with Crippen LogP contribution in [0.25, 0.3) is 0 Å². The first-order chi connectivity index (χ1) is 9.16. The lowest BCUT2D eigenvalue weighted by Crippen LogP contribution is -2.34. The van der Waals surface area contributed by atoms with Crippen molar-refractivity contribution in [3.05, 3.63) is 29.3 Å². The average Bonchev–Trinajstić information content (AvgIpc) is 2.37. The van der Waals surface area contributed by atoms with Crippen molar-refractivity contribution in [1.29, 1.82) is 0 Å². The molecule has 0 heterocycles. The maximum Gasteiger partial charge on any atom is 0.243 e. The number of halogens is 1. The zero-order valence-electron chi connectivity index (χ0n) is 13.5. The Bertz CT molecular complexity index is 559. The summed E-state index contributed by atoms with van der Waals surface area (Å²) in [4.78, 5) is 0.387. The van der Waals surface area contributed by atoms with E-state index < -0.39 is 10.0 Å². The highest BCUT2D eigenvalue weighted by Gasteiger charge is 2.23. The van der Waals surface area contributed by atoms with Crippen LogP contribution >= 0.6 is 12.4 Å². The predicted molar refractivity (Wildman–Crippen MR) is 90.4 cm³/mol. The number of nitrogens with zero attached hydrogens (tertiary/aromatic N) is 1. The molecule has 21 heavy (non-hydrogen) atoms. The molecule has 4 nitrogen and oxygen atoms in total. The second kappa shape index (κ2) is 8.13. The van der Waals surface area contributed by atoms with Gasteiger partial charge in [-0.1, -0.05) is 26.0 Å². The number of rotatable bonds is 6. The minimum atomic E-state index is -3.44. The number of sulfonamides is 1. The van der Waals surface area contributed by atoms with Crippen molar-refractivity contribution in [2.75, 3.05) is 13.6 Å². The molecule has 1 aromatic rings. The monoisotopic (exact) mass is 334 g/mol. The molecule has 0 fully saturated rings. The van der Waals surface area contributed by atoms with Crippen LogP contribution in [0.15, 0.2) is 23.1 Å². The highest BCUT2D eigenvalue weighted by Crippen LogP contribution is 2.20. The lowest BCUT2D eigenvalue weighted by atomic mass is 10.0. The van der Waals surface area contributed by atoms with Crippen molar-refractivity contribution in [2.45, 2.75) is 45.1 Å². The lowest BCUT2D eigenvalue weighted by Gasteiger charge is -2.22. The maximum absolute atomic E-state index is 12.6. The zero-order chi connectivity index (χ0) is 15.5. The van der Waals surface area contributed by atoms with Gasteiger partial charge in [0.15, 0.2) is 0 Å². The molecule has 0 bridgehead atoms. The van der Waals surface area contributed by atoms with Crippen LogP contribution in [0.1, 0.15) is 31.4 Å². The number of hydrogen-bond donors (Lipinski definition) is 1. The molecule has 0 saturated heterocycles. The first-order valence-electron chi connectivity index (χ1n) is 6.95. The molecule has 0 aromatic heterocycles. The summed E-state index contributed by atoms with van der Waals surface area (Å²) in [7, 11) is -1.82. The van der Waals surface area contributed by atoms with Crippen LogP contribution in [0.3, 0.4) is 0 Å². The summed E-state index contributed by atoms with van der Waals surface area (Å²) < 4.78 is 26.5. The highest BCUT2D eigenvalue weighted by molar-refractivity contribution is 7.89. The third-order valence-corrected chi connectivity index (χ3v) is 5.66. The first kappa shape index (κ1) is 20.4. The Morgan fingerprint density at radius 3 is 2.33 bits per heavy atom. The Labute approximate surface area is 135 Å². The first-order valence-corrected chi connectivity index (χ1v) is 8.39. The third kappa shape index (κ3) is 5.25. The largest absolute Gasteiger partial charge is 0.327 e. The molecule has 2 N–H and O–H groups in total. The molecule has 6 heteroatoms. The molecular formula is C15H27ClN2O2S. The smallest absolute Gasteiger partial charge is 0.243 e. The van der Waals surface area contributed by atoms with Crippen LogP contribution in [0, 0.1) is 19.8 Å². The van der Waals surface area contributed by atoms with E-state index in [1.807, 2.05) is 39.8 Å². The van der Waals surface area contributed by atoms with Crippen LogP contribution in [0.4, 0.5) is 0 Å². The van der Waals surface area contributed by atoms with Crippen molar-refractivity contribution in [3.63, 3.8) is 0 Å². The zero-order valence-corrected chi connectivity index (χ0v) is 15.1. The van der Waals surface area contributed by atoms with Gasteiger partial charge in [-0.05, 0) is 43.4 Å². The summed E-state index contributed by atoms with van der Waals surface area (Å²) in [5.41, 5.74) is 7.70.